The molecule has 1 aromatic rings. The summed E-state index contributed by atoms with van der Waals surface area (Å²) in [4.78, 5) is 11.1. The highest BCUT2D eigenvalue weighted by Crippen LogP contribution is 2.18. The summed E-state index contributed by atoms with van der Waals surface area (Å²) >= 11 is 6.05. The van der Waals surface area contributed by atoms with Gasteiger partial charge >= 0.3 is 0 Å². The maximum Gasteiger partial charge on any atom is 0.171 e. The maximum atomic E-state index is 6.05. The van der Waals surface area contributed by atoms with Gasteiger partial charge < -0.3 is 10.2 Å². The van der Waals surface area contributed by atoms with E-state index in [0.29, 0.717) is 11.0 Å². The van der Waals surface area contributed by atoms with Crippen molar-refractivity contribution < 1.29 is 0 Å². The average Bonchev–Trinajstić information content (AvgIpc) is 2.35. The molecule has 0 radical (unpaired) electrons. The fourth-order valence-electron chi connectivity index (χ4n) is 1.74. The van der Waals surface area contributed by atoms with Gasteiger partial charge in [0.25, 0.3) is 0 Å². The highest BCUT2D eigenvalue weighted by molar-refractivity contribution is 6.31. The molecule has 1 aromatic heterocycles. The van der Waals surface area contributed by atoms with Crippen LogP contribution in [0.1, 0.15) is 31.7 Å². The summed E-state index contributed by atoms with van der Waals surface area (Å²) < 4.78 is 0. The van der Waals surface area contributed by atoms with Crippen LogP contribution in [0.3, 0.4) is 0 Å². The van der Waals surface area contributed by atoms with E-state index in [-0.39, 0.29) is 0 Å². The third kappa shape index (κ3) is 4.42. The number of halogens is 1. The van der Waals surface area contributed by atoms with E-state index in [1.54, 1.807) is 0 Å². The second-order valence-electron chi connectivity index (χ2n) is 4.34. The predicted molar refractivity (Wildman–Crippen MR) is 77.4 cm³/mol. The second kappa shape index (κ2) is 7.54. The fraction of sp³-hybridized carbons (Fsp3) is 0.692. The van der Waals surface area contributed by atoms with Crippen LogP contribution < -0.4 is 5.32 Å². The first-order valence-corrected chi connectivity index (χ1v) is 6.93. The van der Waals surface area contributed by atoms with Crippen molar-refractivity contribution in [3.8, 4) is 0 Å². The molecule has 4 nitrogen and oxygen atoms in total. The molecule has 1 N–H and O–H groups in total. The Hall–Kier alpha value is -0.870. The number of aromatic nitrogens is 2. The number of anilines is 1. The van der Waals surface area contributed by atoms with E-state index < -0.39 is 0 Å². The van der Waals surface area contributed by atoms with Gasteiger partial charge in [0, 0.05) is 6.54 Å². The van der Waals surface area contributed by atoms with Crippen molar-refractivity contribution in [3.63, 3.8) is 0 Å². The Morgan fingerprint density at radius 1 is 1.11 bits per heavy atom. The molecular weight excluding hydrogens is 248 g/mol. The van der Waals surface area contributed by atoms with Crippen LogP contribution in [0.2, 0.25) is 5.15 Å². The molecule has 0 amide bonds. The van der Waals surface area contributed by atoms with E-state index in [9.17, 15) is 0 Å². The van der Waals surface area contributed by atoms with Crippen molar-refractivity contribution in [2.75, 3.05) is 31.5 Å². The number of rotatable bonds is 7. The Morgan fingerprint density at radius 3 is 2.33 bits per heavy atom. The van der Waals surface area contributed by atoms with E-state index in [1.165, 1.54) is 0 Å². The zero-order valence-corrected chi connectivity index (χ0v) is 12.5. The largest absolute Gasteiger partial charge is 0.367 e. The number of aryl methyl sites for hydroxylation is 2. The van der Waals surface area contributed by atoms with Gasteiger partial charge in [-0.3, -0.25) is 0 Å². The highest BCUT2D eigenvalue weighted by atomic mass is 35.5. The molecule has 0 aliphatic heterocycles. The Kier molecular flexibility index (Phi) is 6.36. The normalized spacial score (nSPS) is 11.0. The zero-order chi connectivity index (χ0) is 13.5. The summed E-state index contributed by atoms with van der Waals surface area (Å²) in [7, 11) is 0. The van der Waals surface area contributed by atoms with Gasteiger partial charge in [-0.1, -0.05) is 25.4 Å². The van der Waals surface area contributed by atoms with Crippen LogP contribution in [0.25, 0.3) is 0 Å². The molecule has 18 heavy (non-hydrogen) atoms. The SMILES string of the molecule is CCN(CC)CCCNc1nc(C)c(C)nc1Cl. The average molecular weight is 271 g/mol. The molecular formula is C13H23ClN4. The van der Waals surface area contributed by atoms with E-state index >= 15 is 0 Å². The first-order chi connectivity index (χ1) is 8.58. The summed E-state index contributed by atoms with van der Waals surface area (Å²) in [6.07, 6.45) is 1.08. The minimum atomic E-state index is 0.459. The quantitative estimate of drug-likeness (QED) is 0.774. The van der Waals surface area contributed by atoms with Crippen molar-refractivity contribution >= 4 is 17.4 Å². The minimum Gasteiger partial charge on any atom is -0.367 e. The second-order valence-corrected chi connectivity index (χ2v) is 4.70. The van der Waals surface area contributed by atoms with Gasteiger partial charge in [-0.2, -0.15) is 0 Å². The van der Waals surface area contributed by atoms with Crippen LogP contribution in [0.15, 0.2) is 0 Å². The fourth-order valence-corrected chi connectivity index (χ4v) is 1.97. The van der Waals surface area contributed by atoms with Crippen LogP contribution in [0.4, 0.5) is 5.82 Å². The predicted octanol–water partition coefficient (Wildman–Crippen LogP) is 2.89. The van der Waals surface area contributed by atoms with Gasteiger partial charge in [0.05, 0.1) is 11.4 Å². The highest BCUT2D eigenvalue weighted by Gasteiger charge is 2.06. The molecule has 102 valence electrons. The van der Waals surface area contributed by atoms with E-state index in [4.69, 9.17) is 11.6 Å². The molecule has 1 rings (SSSR count). The summed E-state index contributed by atoms with van der Waals surface area (Å²) in [5, 5.41) is 3.71. The number of hydrogen-bond acceptors (Lipinski definition) is 4. The van der Waals surface area contributed by atoms with Crippen LogP contribution in [-0.4, -0.2) is 41.0 Å². The van der Waals surface area contributed by atoms with E-state index in [1.807, 2.05) is 13.8 Å². The molecule has 0 bridgehead atoms. The first-order valence-electron chi connectivity index (χ1n) is 6.55. The van der Waals surface area contributed by atoms with E-state index in [0.717, 1.165) is 44.0 Å². The Balaban J connectivity index is 2.42. The van der Waals surface area contributed by atoms with Gasteiger partial charge in [0.2, 0.25) is 0 Å². The molecule has 0 fully saturated rings. The molecule has 0 spiro atoms. The number of hydrogen-bond donors (Lipinski definition) is 1. The molecule has 0 saturated carbocycles. The third-order valence-corrected chi connectivity index (χ3v) is 3.37. The van der Waals surface area contributed by atoms with Crippen LogP contribution in [-0.2, 0) is 0 Å². The van der Waals surface area contributed by atoms with Crippen molar-refractivity contribution in [2.45, 2.75) is 34.1 Å². The molecule has 0 saturated heterocycles. The van der Waals surface area contributed by atoms with Crippen LogP contribution in [0, 0.1) is 13.8 Å². The third-order valence-electron chi connectivity index (χ3n) is 3.10. The van der Waals surface area contributed by atoms with Crippen molar-refractivity contribution in [3.05, 3.63) is 16.5 Å². The lowest BCUT2D eigenvalue weighted by atomic mass is 10.3. The Labute approximate surface area is 115 Å². The molecule has 5 heteroatoms. The standard InChI is InChI=1S/C13H23ClN4/c1-5-18(6-2)9-7-8-15-13-12(14)16-10(3)11(4)17-13/h5-9H2,1-4H3,(H,15,17). The summed E-state index contributed by atoms with van der Waals surface area (Å²) in [5.41, 5.74) is 1.80. The zero-order valence-electron chi connectivity index (χ0n) is 11.8. The molecule has 0 aliphatic carbocycles. The number of nitrogens with one attached hydrogen (secondary N) is 1. The lowest BCUT2D eigenvalue weighted by Crippen LogP contribution is -2.25. The van der Waals surface area contributed by atoms with E-state index in [2.05, 4.69) is 34.0 Å². The monoisotopic (exact) mass is 270 g/mol. The molecule has 0 aromatic carbocycles. The van der Waals surface area contributed by atoms with Crippen LogP contribution in [0.5, 0.6) is 0 Å². The topological polar surface area (TPSA) is 41.0 Å². The minimum absolute atomic E-state index is 0.459. The number of nitrogens with zero attached hydrogens (tertiary/aromatic N) is 3. The Morgan fingerprint density at radius 2 is 1.72 bits per heavy atom. The van der Waals surface area contributed by atoms with Crippen LogP contribution >= 0.6 is 11.6 Å². The van der Waals surface area contributed by atoms with Gasteiger partial charge in [-0.05, 0) is 39.9 Å². The van der Waals surface area contributed by atoms with Crippen molar-refractivity contribution in [1.29, 1.82) is 0 Å². The maximum absolute atomic E-state index is 6.05. The molecule has 0 aliphatic rings. The first kappa shape index (κ1) is 15.2. The van der Waals surface area contributed by atoms with Gasteiger partial charge in [0.1, 0.15) is 0 Å². The summed E-state index contributed by atoms with van der Waals surface area (Å²) in [6, 6.07) is 0. The van der Waals surface area contributed by atoms with Gasteiger partial charge in [0.15, 0.2) is 11.0 Å². The molecule has 1 heterocycles. The molecule has 0 atom stereocenters. The van der Waals surface area contributed by atoms with Crippen molar-refractivity contribution in [1.82, 2.24) is 14.9 Å². The smallest absolute Gasteiger partial charge is 0.171 e. The Bertz CT molecular complexity index is 377. The lowest BCUT2D eigenvalue weighted by Gasteiger charge is -2.18. The van der Waals surface area contributed by atoms with Gasteiger partial charge in [-0.25, -0.2) is 9.97 Å². The van der Waals surface area contributed by atoms with Gasteiger partial charge in [-0.15, -0.1) is 0 Å². The molecule has 0 unspecified atom stereocenters. The lowest BCUT2D eigenvalue weighted by molar-refractivity contribution is 0.303. The van der Waals surface area contributed by atoms with Crippen molar-refractivity contribution in [2.24, 2.45) is 0 Å². The summed E-state index contributed by atoms with van der Waals surface area (Å²) in [6.45, 7) is 12.4. The summed E-state index contributed by atoms with van der Waals surface area (Å²) in [5.74, 6) is 0.694.